The number of rotatable bonds is 7. The zero-order valence-electron chi connectivity index (χ0n) is 32.0. The minimum Gasteiger partial charge on any atom is -0.483 e. The average molecular weight is 733 g/mol. The smallest absolute Gasteiger partial charge is 0.339 e. The van der Waals surface area contributed by atoms with E-state index >= 15 is 0 Å². The van der Waals surface area contributed by atoms with Crippen molar-refractivity contribution in [2.24, 2.45) is 11.8 Å². The molecule has 1 fully saturated rings. The Morgan fingerprint density at radius 2 is 1.59 bits per heavy atom. The molecule has 3 aromatic carbocycles. The summed E-state index contributed by atoms with van der Waals surface area (Å²) in [6.07, 6.45) is 5.80. The molecule has 4 aromatic rings. The van der Waals surface area contributed by atoms with Crippen LogP contribution >= 0.6 is 0 Å². The monoisotopic (exact) mass is 732 g/mol. The molecule has 8 heteroatoms. The van der Waals surface area contributed by atoms with Crippen molar-refractivity contribution in [3.63, 3.8) is 0 Å². The number of benzene rings is 3. The zero-order valence-corrected chi connectivity index (χ0v) is 32.0. The Kier molecular flexibility index (Phi) is 11.4. The van der Waals surface area contributed by atoms with Crippen molar-refractivity contribution >= 4 is 22.9 Å². The van der Waals surface area contributed by atoms with Crippen molar-refractivity contribution in [1.29, 1.82) is 0 Å². The van der Waals surface area contributed by atoms with Crippen molar-refractivity contribution in [3.05, 3.63) is 122 Å². The summed E-state index contributed by atoms with van der Waals surface area (Å²) >= 11 is 0. The second kappa shape index (κ2) is 16.4. The topological polar surface area (TPSA) is 101 Å². The molecule has 4 atom stereocenters. The van der Waals surface area contributed by atoms with Crippen LogP contribution in [0.1, 0.15) is 99.6 Å². The first kappa shape index (κ1) is 37.6. The van der Waals surface area contributed by atoms with E-state index in [0.29, 0.717) is 60.1 Å². The summed E-state index contributed by atoms with van der Waals surface area (Å²) in [6.45, 7) is 6.21. The van der Waals surface area contributed by atoms with Crippen molar-refractivity contribution in [3.8, 4) is 5.75 Å². The summed E-state index contributed by atoms with van der Waals surface area (Å²) in [5.41, 5.74) is 4.61. The molecule has 4 heterocycles. The van der Waals surface area contributed by atoms with Gasteiger partial charge in [0.1, 0.15) is 16.9 Å². The molecule has 0 amide bonds. The van der Waals surface area contributed by atoms with Crippen LogP contribution in [-0.4, -0.2) is 37.4 Å². The van der Waals surface area contributed by atoms with E-state index in [1.54, 1.807) is 13.2 Å². The minimum absolute atomic E-state index is 0.0101. The molecule has 0 radical (unpaired) electrons. The molecule has 54 heavy (non-hydrogen) atoms. The van der Waals surface area contributed by atoms with E-state index in [1.165, 1.54) is 5.56 Å². The molecule has 0 saturated heterocycles. The highest BCUT2D eigenvalue weighted by Crippen LogP contribution is 2.52. The third-order valence-electron chi connectivity index (χ3n) is 11.9. The number of allylic oxidation sites excluding steroid dienone is 1. The predicted octanol–water partition coefficient (Wildman–Crippen LogP) is 8.98. The Bertz CT molecular complexity index is 2050. The van der Waals surface area contributed by atoms with Crippen LogP contribution < -0.4 is 10.4 Å². The highest BCUT2D eigenvalue weighted by atomic mass is 16.6. The third kappa shape index (κ3) is 8.04. The van der Waals surface area contributed by atoms with Gasteiger partial charge in [0.05, 0.1) is 12.2 Å². The molecule has 1 aliphatic carbocycles. The first-order chi connectivity index (χ1) is 26.1. The maximum Gasteiger partial charge on any atom is 0.339 e. The molecule has 8 nitrogen and oxygen atoms in total. The SMILES string of the molecule is COCCc1cc2ccc3c(c2oc1=O)[C@@H]1OC(=O)C[C@H](CCc2ccccc2)Cc2ccc(cc2)CCC(=C(C)C)C(=O)O[C@@H]1[C@](C)(C1CCCC1)O3. The molecule has 0 unspecified atom stereocenters. The Balaban J connectivity index is 1.35. The van der Waals surface area contributed by atoms with Gasteiger partial charge in [0.2, 0.25) is 0 Å². The Morgan fingerprint density at radius 3 is 2.31 bits per heavy atom. The largest absolute Gasteiger partial charge is 0.483 e. The number of esters is 2. The minimum atomic E-state index is -1.08. The molecule has 4 aliphatic rings. The second-order valence-corrected chi connectivity index (χ2v) is 15.8. The van der Waals surface area contributed by atoms with Gasteiger partial charge in [-0.25, -0.2) is 9.59 Å². The van der Waals surface area contributed by atoms with Crippen LogP contribution in [0.25, 0.3) is 11.0 Å². The predicted molar refractivity (Wildman–Crippen MR) is 207 cm³/mol. The van der Waals surface area contributed by atoms with Crippen LogP contribution in [0.4, 0.5) is 0 Å². The molecule has 0 spiro atoms. The fourth-order valence-corrected chi connectivity index (χ4v) is 8.74. The van der Waals surface area contributed by atoms with Crippen LogP contribution in [0.15, 0.2) is 93.2 Å². The number of fused-ring (bicyclic) bond motifs is 13. The molecular weight excluding hydrogens is 680 g/mol. The van der Waals surface area contributed by atoms with Gasteiger partial charge in [-0.3, -0.25) is 4.79 Å². The number of ether oxygens (including phenoxy) is 4. The van der Waals surface area contributed by atoms with Gasteiger partial charge in [0.25, 0.3) is 0 Å². The summed E-state index contributed by atoms with van der Waals surface area (Å²) in [6, 6.07) is 24.4. The van der Waals surface area contributed by atoms with E-state index < -0.39 is 35.4 Å². The van der Waals surface area contributed by atoms with Crippen molar-refractivity contribution in [2.45, 2.75) is 109 Å². The first-order valence-corrected chi connectivity index (χ1v) is 19.6. The number of methoxy groups -OCH3 is 1. The fourth-order valence-electron chi connectivity index (χ4n) is 8.74. The summed E-state index contributed by atoms with van der Waals surface area (Å²) < 4.78 is 31.6. The van der Waals surface area contributed by atoms with Crippen LogP contribution in [-0.2, 0) is 49.5 Å². The molecule has 284 valence electrons. The maximum absolute atomic E-state index is 14.5. The summed E-state index contributed by atoms with van der Waals surface area (Å²) in [5, 5.41) is 0.662. The Hall–Kier alpha value is -4.69. The average Bonchev–Trinajstić information content (AvgIpc) is 3.71. The molecule has 1 aromatic heterocycles. The lowest BCUT2D eigenvalue weighted by Crippen LogP contribution is -2.58. The van der Waals surface area contributed by atoms with E-state index in [-0.39, 0.29) is 23.8 Å². The van der Waals surface area contributed by atoms with E-state index in [0.717, 1.165) is 55.2 Å². The lowest BCUT2D eigenvalue weighted by atomic mass is 9.76. The summed E-state index contributed by atoms with van der Waals surface area (Å²) in [5.74, 6) is -0.356. The van der Waals surface area contributed by atoms with Gasteiger partial charge in [0.15, 0.2) is 12.2 Å². The lowest BCUT2D eigenvalue weighted by molar-refractivity contribution is -0.199. The number of hydrogen-bond acceptors (Lipinski definition) is 8. The third-order valence-corrected chi connectivity index (χ3v) is 11.9. The van der Waals surface area contributed by atoms with Gasteiger partial charge in [-0.1, -0.05) is 73.0 Å². The first-order valence-electron chi connectivity index (χ1n) is 19.6. The van der Waals surface area contributed by atoms with Gasteiger partial charge in [0, 0.05) is 42.4 Å². The highest BCUT2D eigenvalue weighted by Gasteiger charge is 2.56. The van der Waals surface area contributed by atoms with Gasteiger partial charge in [-0.05, 0) is 107 Å². The summed E-state index contributed by atoms with van der Waals surface area (Å²) in [7, 11) is 1.59. The number of hydrogen-bond donors (Lipinski definition) is 0. The van der Waals surface area contributed by atoms with Crippen LogP contribution in [0, 0.1) is 11.8 Å². The van der Waals surface area contributed by atoms with E-state index in [4.69, 9.17) is 23.4 Å². The molecule has 0 N–H and O–H groups in total. The van der Waals surface area contributed by atoms with E-state index in [9.17, 15) is 14.4 Å². The standard InChI is InChI=1S/C46H52O8/c1-29(2)37-22-20-31-14-17-32(18-15-31)26-33(19-16-30-10-6-5-7-11-30)27-39(47)51-42-40-38(23-21-34-28-35(24-25-50-4)44(48)52-41(34)40)54-46(3,36-12-8-9-13-36)43(42)53-45(37)49/h5-7,10-11,14-15,17-18,21,23,28,33,36,42-43H,8-9,12-13,16,19-20,22,24-27H2,1-4H3/t33-,42+,43+,46+/m1/s1. The van der Waals surface area contributed by atoms with Gasteiger partial charge < -0.3 is 23.4 Å². The van der Waals surface area contributed by atoms with Crippen LogP contribution in [0.3, 0.4) is 0 Å². The lowest BCUT2D eigenvalue weighted by Gasteiger charge is -2.48. The number of carbonyl (C=O) groups is 2. The van der Waals surface area contributed by atoms with Crippen molar-refractivity contribution < 1.29 is 33.0 Å². The highest BCUT2D eigenvalue weighted by molar-refractivity contribution is 5.90. The van der Waals surface area contributed by atoms with Crippen LogP contribution in [0.5, 0.6) is 5.75 Å². The molecule has 3 aliphatic heterocycles. The van der Waals surface area contributed by atoms with Gasteiger partial charge in [-0.15, -0.1) is 0 Å². The number of carbonyl (C=O) groups excluding carboxylic acids is 2. The summed E-state index contributed by atoms with van der Waals surface area (Å²) in [4.78, 5) is 42.3. The van der Waals surface area contributed by atoms with Crippen LogP contribution in [0.2, 0.25) is 0 Å². The molecular formula is C46H52O8. The van der Waals surface area contributed by atoms with Crippen molar-refractivity contribution in [2.75, 3.05) is 13.7 Å². The normalized spacial score (nSPS) is 23.7. The van der Waals surface area contributed by atoms with Crippen molar-refractivity contribution in [1.82, 2.24) is 0 Å². The maximum atomic E-state index is 14.5. The molecule has 8 rings (SSSR count). The quantitative estimate of drug-likeness (QED) is 0.105. The van der Waals surface area contributed by atoms with Gasteiger partial charge in [-0.2, -0.15) is 0 Å². The van der Waals surface area contributed by atoms with Gasteiger partial charge >= 0.3 is 17.6 Å². The second-order valence-electron chi connectivity index (χ2n) is 15.8. The van der Waals surface area contributed by atoms with E-state index in [1.807, 2.05) is 51.1 Å². The molecule has 1 saturated carbocycles. The Labute approximate surface area is 317 Å². The van der Waals surface area contributed by atoms with E-state index in [2.05, 4.69) is 36.4 Å². The number of aryl methyl sites for hydroxylation is 2. The molecule has 2 bridgehead atoms. The Morgan fingerprint density at radius 1 is 0.852 bits per heavy atom. The fraction of sp³-hybridized carbons (Fsp3) is 0.457. The zero-order chi connectivity index (χ0) is 37.8.